The first kappa shape index (κ1) is 10.3. The van der Waals surface area contributed by atoms with Crippen LogP contribution in [-0.4, -0.2) is 24.8 Å². The molecule has 0 aromatic heterocycles. The molecule has 0 aliphatic carbocycles. The summed E-state index contributed by atoms with van der Waals surface area (Å²) in [5.41, 5.74) is 2.14. The van der Waals surface area contributed by atoms with E-state index in [0.29, 0.717) is 5.84 Å². The monoisotopic (exact) mass is 240 g/mol. The molecule has 0 atom stereocenters. The number of rotatable bonds is 2. The highest BCUT2D eigenvalue weighted by Gasteiger charge is 2.07. The van der Waals surface area contributed by atoms with Crippen LogP contribution in [0.25, 0.3) is 0 Å². The van der Waals surface area contributed by atoms with Gasteiger partial charge in [-0.1, -0.05) is 40.2 Å². The minimum absolute atomic E-state index is 0.551. The Bertz CT molecular complexity index is 308. The Hall–Kier alpha value is -0.830. The van der Waals surface area contributed by atoms with E-state index in [0.717, 1.165) is 16.5 Å². The van der Waals surface area contributed by atoms with E-state index in [2.05, 4.69) is 15.9 Å². The molecule has 0 spiro atoms. The predicted octanol–water partition coefficient (Wildman–Crippen LogP) is 2.47. The van der Waals surface area contributed by atoms with Crippen LogP contribution in [0.3, 0.4) is 0 Å². The van der Waals surface area contributed by atoms with Gasteiger partial charge in [-0.2, -0.15) is 0 Å². The van der Waals surface area contributed by atoms with Crippen molar-refractivity contribution in [3.05, 3.63) is 35.4 Å². The molecule has 0 heterocycles. The molecule has 0 saturated carbocycles. The number of nitrogens with one attached hydrogen (secondary N) is 1. The first-order chi connectivity index (χ1) is 6.16. The van der Waals surface area contributed by atoms with Gasteiger partial charge in [-0.15, -0.1) is 0 Å². The zero-order chi connectivity index (χ0) is 9.84. The molecule has 1 N–H and O–H groups in total. The normalized spacial score (nSPS) is 9.77. The lowest BCUT2D eigenvalue weighted by atomic mass is 10.1. The Morgan fingerprint density at radius 3 is 2.54 bits per heavy atom. The molecule has 0 radical (unpaired) electrons. The van der Waals surface area contributed by atoms with Crippen LogP contribution in [0, 0.1) is 5.41 Å². The maximum Gasteiger partial charge on any atom is 0.127 e. The van der Waals surface area contributed by atoms with E-state index in [1.165, 1.54) is 0 Å². The summed E-state index contributed by atoms with van der Waals surface area (Å²) in [6.07, 6.45) is 0. The van der Waals surface area contributed by atoms with Gasteiger partial charge in [0.15, 0.2) is 0 Å². The van der Waals surface area contributed by atoms with E-state index in [4.69, 9.17) is 5.41 Å². The third-order valence-electron chi connectivity index (χ3n) is 1.86. The zero-order valence-corrected chi connectivity index (χ0v) is 9.43. The van der Waals surface area contributed by atoms with Crippen LogP contribution in [0.4, 0.5) is 0 Å². The van der Waals surface area contributed by atoms with E-state index >= 15 is 0 Å². The van der Waals surface area contributed by atoms with Gasteiger partial charge in [-0.05, 0) is 5.56 Å². The second-order valence-electron chi connectivity index (χ2n) is 3.03. The molecule has 1 rings (SSSR count). The van der Waals surface area contributed by atoms with Crippen molar-refractivity contribution in [1.82, 2.24) is 4.90 Å². The van der Waals surface area contributed by atoms with Crippen LogP contribution in [0.5, 0.6) is 0 Å². The molecule has 0 unspecified atom stereocenters. The fraction of sp³-hybridized carbons (Fsp3) is 0.300. The number of nitrogens with zero attached hydrogens (tertiary/aromatic N) is 1. The zero-order valence-electron chi connectivity index (χ0n) is 7.84. The lowest BCUT2D eigenvalue weighted by Crippen LogP contribution is -2.22. The Balaban J connectivity index is 3.06. The summed E-state index contributed by atoms with van der Waals surface area (Å²) in [5, 5.41) is 8.62. The SMILES string of the molecule is CN(C)C(=N)c1ccccc1CBr. The number of hydrogen-bond acceptors (Lipinski definition) is 1. The minimum atomic E-state index is 0.551. The van der Waals surface area contributed by atoms with E-state index in [1.54, 1.807) is 0 Å². The highest BCUT2D eigenvalue weighted by Crippen LogP contribution is 2.13. The van der Waals surface area contributed by atoms with Crippen molar-refractivity contribution in [2.45, 2.75) is 5.33 Å². The Kier molecular flexibility index (Phi) is 3.48. The molecule has 1 aromatic rings. The lowest BCUT2D eigenvalue weighted by Gasteiger charge is -2.15. The number of amidine groups is 1. The van der Waals surface area contributed by atoms with Crippen molar-refractivity contribution in [3.8, 4) is 0 Å². The maximum atomic E-state index is 7.83. The van der Waals surface area contributed by atoms with E-state index < -0.39 is 0 Å². The van der Waals surface area contributed by atoms with E-state index in [-0.39, 0.29) is 0 Å². The summed E-state index contributed by atoms with van der Waals surface area (Å²) >= 11 is 3.41. The summed E-state index contributed by atoms with van der Waals surface area (Å²) < 4.78 is 0. The van der Waals surface area contributed by atoms with Crippen LogP contribution in [-0.2, 0) is 5.33 Å². The highest BCUT2D eigenvalue weighted by molar-refractivity contribution is 9.08. The van der Waals surface area contributed by atoms with Gasteiger partial charge in [-0.25, -0.2) is 0 Å². The smallest absolute Gasteiger partial charge is 0.127 e. The highest BCUT2D eigenvalue weighted by atomic mass is 79.9. The van der Waals surface area contributed by atoms with Crippen LogP contribution in [0.15, 0.2) is 24.3 Å². The maximum absolute atomic E-state index is 7.83. The van der Waals surface area contributed by atoms with Crippen LogP contribution < -0.4 is 0 Å². The van der Waals surface area contributed by atoms with Crippen LogP contribution in [0.1, 0.15) is 11.1 Å². The van der Waals surface area contributed by atoms with Gasteiger partial charge in [0.25, 0.3) is 0 Å². The Morgan fingerprint density at radius 1 is 1.38 bits per heavy atom. The standard InChI is InChI=1S/C10H13BrN2/c1-13(2)10(12)9-6-4-3-5-8(9)7-11/h3-6,12H,7H2,1-2H3. The summed E-state index contributed by atoms with van der Waals surface area (Å²) in [4.78, 5) is 1.81. The summed E-state index contributed by atoms with van der Waals surface area (Å²) in [5.74, 6) is 0.551. The second-order valence-corrected chi connectivity index (χ2v) is 3.59. The number of halogens is 1. The van der Waals surface area contributed by atoms with Crippen molar-refractivity contribution in [3.63, 3.8) is 0 Å². The molecular formula is C10H13BrN2. The quantitative estimate of drug-likeness (QED) is 0.480. The average molecular weight is 241 g/mol. The van der Waals surface area contributed by atoms with Gasteiger partial charge in [0, 0.05) is 25.0 Å². The minimum Gasteiger partial charge on any atom is -0.363 e. The number of benzene rings is 1. The molecule has 0 aliphatic heterocycles. The largest absolute Gasteiger partial charge is 0.363 e. The first-order valence-corrected chi connectivity index (χ1v) is 5.19. The van der Waals surface area contributed by atoms with Crippen molar-refractivity contribution in [1.29, 1.82) is 5.41 Å². The third-order valence-corrected chi connectivity index (χ3v) is 2.47. The Morgan fingerprint density at radius 2 is 2.00 bits per heavy atom. The van der Waals surface area contributed by atoms with Gasteiger partial charge < -0.3 is 4.90 Å². The van der Waals surface area contributed by atoms with Crippen molar-refractivity contribution in [2.75, 3.05) is 14.1 Å². The summed E-state index contributed by atoms with van der Waals surface area (Å²) in [6, 6.07) is 7.95. The fourth-order valence-electron chi connectivity index (χ4n) is 1.11. The number of alkyl halides is 1. The Labute approximate surface area is 87.2 Å². The van der Waals surface area contributed by atoms with Gasteiger partial charge in [0.1, 0.15) is 5.84 Å². The third kappa shape index (κ3) is 2.31. The molecule has 0 saturated heterocycles. The van der Waals surface area contributed by atoms with Crippen molar-refractivity contribution in [2.24, 2.45) is 0 Å². The topological polar surface area (TPSA) is 27.1 Å². The van der Waals surface area contributed by atoms with E-state index in [1.807, 2.05) is 43.3 Å². The van der Waals surface area contributed by atoms with Gasteiger partial charge in [-0.3, -0.25) is 5.41 Å². The summed E-state index contributed by atoms with van der Waals surface area (Å²) in [7, 11) is 3.76. The molecule has 0 amide bonds. The van der Waals surface area contributed by atoms with Gasteiger partial charge in [0.05, 0.1) is 0 Å². The molecule has 13 heavy (non-hydrogen) atoms. The van der Waals surface area contributed by atoms with Crippen molar-refractivity contribution >= 4 is 21.8 Å². The first-order valence-electron chi connectivity index (χ1n) is 4.07. The fourth-order valence-corrected chi connectivity index (χ4v) is 1.60. The molecule has 2 nitrogen and oxygen atoms in total. The van der Waals surface area contributed by atoms with Crippen LogP contribution >= 0.6 is 15.9 Å². The second kappa shape index (κ2) is 4.42. The molecule has 1 aromatic carbocycles. The van der Waals surface area contributed by atoms with Gasteiger partial charge in [0.2, 0.25) is 0 Å². The predicted molar refractivity (Wildman–Crippen MR) is 59.6 cm³/mol. The van der Waals surface area contributed by atoms with Gasteiger partial charge >= 0.3 is 0 Å². The molecule has 3 heteroatoms. The summed E-state index contributed by atoms with van der Waals surface area (Å²) in [6.45, 7) is 0. The lowest BCUT2D eigenvalue weighted by molar-refractivity contribution is 0.618. The molecule has 70 valence electrons. The van der Waals surface area contributed by atoms with Crippen LogP contribution in [0.2, 0.25) is 0 Å². The average Bonchev–Trinajstić information content (AvgIpc) is 2.16. The number of hydrogen-bond donors (Lipinski definition) is 1. The van der Waals surface area contributed by atoms with Crippen molar-refractivity contribution < 1.29 is 0 Å². The molecular weight excluding hydrogens is 228 g/mol. The molecule has 0 aliphatic rings. The molecule has 0 fully saturated rings. The molecule has 0 bridgehead atoms. The van der Waals surface area contributed by atoms with E-state index in [9.17, 15) is 0 Å².